The molecular formula is C19H25N5OS. The molecule has 26 heavy (non-hydrogen) atoms. The van der Waals surface area contributed by atoms with Gasteiger partial charge in [-0.15, -0.1) is 10.2 Å². The lowest BCUT2D eigenvalue weighted by atomic mass is 9.89. The standard InChI is InChI=1S/C19H25N5OS/c1-12(15-9-6-13-4-2-3-5-16(13)10-15)21-17(25)11-26-19-23-22-18(24(19)20)14-7-8-14/h6,9-10,12,14H,2-5,7-8,11,20H2,1H3,(H,21,25)/t12-/m0/s1. The first-order valence-corrected chi connectivity index (χ1v) is 10.3. The minimum Gasteiger partial charge on any atom is -0.349 e. The number of fused-ring (bicyclic) bond motifs is 1. The van der Waals surface area contributed by atoms with E-state index in [9.17, 15) is 4.79 Å². The summed E-state index contributed by atoms with van der Waals surface area (Å²) in [6, 6.07) is 6.61. The molecule has 1 heterocycles. The molecule has 2 aliphatic rings. The van der Waals surface area contributed by atoms with Gasteiger partial charge in [-0.05, 0) is 62.1 Å². The molecule has 6 nitrogen and oxygen atoms in total. The van der Waals surface area contributed by atoms with Gasteiger partial charge in [-0.25, -0.2) is 4.68 Å². The SMILES string of the molecule is C[C@H](NC(=O)CSc1nnc(C2CC2)n1N)c1ccc2c(c1)CCCC2. The number of nitrogen functional groups attached to an aromatic ring is 1. The predicted octanol–water partition coefficient (Wildman–Crippen LogP) is 2.72. The number of amides is 1. The Balaban J connectivity index is 1.33. The van der Waals surface area contributed by atoms with Gasteiger partial charge in [0.25, 0.3) is 0 Å². The molecular weight excluding hydrogens is 346 g/mol. The van der Waals surface area contributed by atoms with E-state index in [0.29, 0.717) is 11.1 Å². The lowest BCUT2D eigenvalue weighted by Crippen LogP contribution is -2.28. The number of carbonyl (C=O) groups is 1. The lowest BCUT2D eigenvalue weighted by Gasteiger charge is -2.20. The van der Waals surface area contributed by atoms with Crippen LogP contribution in [0.15, 0.2) is 23.4 Å². The quantitative estimate of drug-likeness (QED) is 0.602. The molecule has 0 saturated heterocycles. The zero-order valence-corrected chi connectivity index (χ0v) is 15.9. The van der Waals surface area contributed by atoms with Crippen LogP contribution in [0.2, 0.25) is 0 Å². The van der Waals surface area contributed by atoms with Gasteiger partial charge < -0.3 is 11.2 Å². The van der Waals surface area contributed by atoms with Crippen LogP contribution in [0.5, 0.6) is 0 Å². The molecule has 1 amide bonds. The maximum atomic E-state index is 12.3. The number of nitrogens with zero attached hydrogens (tertiary/aromatic N) is 3. The Morgan fingerprint density at radius 2 is 2.08 bits per heavy atom. The van der Waals surface area contributed by atoms with Crippen molar-refractivity contribution in [3.63, 3.8) is 0 Å². The molecule has 138 valence electrons. The maximum absolute atomic E-state index is 12.3. The largest absolute Gasteiger partial charge is 0.349 e. The van der Waals surface area contributed by atoms with Crippen LogP contribution in [0.4, 0.5) is 0 Å². The first-order valence-electron chi connectivity index (χ1n) is 9.36. The van der Waals surface area contributed by atoms with Crippen LogP contribution in [0.3, 0.4) is 0 Å². The van der Waals surface area contributed by atoms with E-state index in [4.69, 9.17) is 5.84 Å². The molecule has 1 aromatic heterocycles. The number of aryl methyl sites for hydroxylation is 2. The zero-order valence-electron chi connectivity index (χ0n) is 15.1. The van der Waals surface area contributed by atoms with Crippen LogP contribution in [-0.2, 0) is 17.6 Å². The van der Waals surface area contributed by atoms with Crippen molar-refractivity contribution in [2.24, 2.45) is 0 Å². The topological polar surface area (TPSA) is 85.8 Å². The summed E-state index contributed by atoms with van der Waals surface area (Å²) in [6.07, 6.45) is 7.11. The Labute approximate surface area is 157 Å². The van der Waals surface area contributed by atoms with E-state index in [1.807, 2.05) is 6.92 Å². The van der Waals surface area contributed by atoms with Gasteiger partial charge in [0, 0.05) is 5.92 Å². The molecule has 2 aromatic rings. The molecule has 2 aliphatic carbocycles. The molecule has 0 unspecified atom stereocenters. The smallest absolute Gasteiger partial charge is 0.230 e. The normalized spacial score (nSPS) is 17.6. The third-order valence-corrected chi connectivity index (χ3v) is 6.16. The van der Waals surface area contributed by atoms with E-state index in [2.05, 4.69) is 33.7 Å². The van der Waals surface area contributed by atoms with E-state index in [0.717, 1.165) is 25.1 Å². The van der Waals surface area contributed by atoms with E-state index < -0.39 is 0 Å². The number of carbonyl (C=O) groups excluding carboxylic acids is 1. The summed E-state index contributed by atoms with van der Waals surface area (Å²) < 4.78 is 1.53. The zero-order chi connectivity index (χ0) is 18.1. The third kappa shape index (κ3) is 3.72. The van der Waals surface area contributed by atoms with Crippen molar-refractivity contribution in [2.45, 2.75) is 62.6 Å². The monoisotopic (exact) mass is 371 g/mol. The summed E-state index contributed by atoms with van der Waals surface area (Å²) in [6.45, 7) is 2.03. The highest BCUT2D eigenvalue weighted by Gasteiger charge is 2.30. The molecule has 0 aliphatic heterocycles. The summed E-state index contributed by atoms with van der Waals surface area (Å²) in [5.74, 6) is 7.57. The minimum absolute atomic E-state index is 0.00639. The Bertz CT molecular complexity index is 814. The Morgan fingerprint density at radius 1 is 1.31 bits per heavy atom. The first-order chi connectivity index (χ1) is 12.6. The molecule has 0 radical (unpaired) electrons. The molecule has 1 aromatic carbocycles. The summed E-state index contributed by atoms with van der Waals surface area (Å²) in [7, 11) is 0. The Hall–Kier alpha value is -2.02. The molecule has 1 fully saturated rings. The third-order valence-electron chi connectivity index (χ3n) is 5.22. The second-order valence-corrected chi connectivity index (χ2v) is 8.24. The molecule has 3 N–H and O–H groups in total. The fourth-order valence-corrected chi connectivity index (χ4v) is 4.20. The summed E-state index contributed by atoms with van der Waals surface area (Å²) >= 11 is 1.33. The van der Waals surface area contributed by atoms with Crippen LogP contribution in [0, 0.1) is 0 Å². The highest BCUT2D eigenvalue weighted by Crippen LogP contribution is 2.39. The van der Waals surface area contributed by atoms with E-state index in [1.54, 1.807) is 0 Å². The number of nitrogens with one attached hydrogen (secondary N) is 1. The van der Waals surface area contributed by atoms with Gasteiger partial charge >= 0.3 is 0 Å². The molecule has 1 atom stereocenters. The van der Waals surface area contributed by atoms with Crippen molar-refractivity contribution in [3.05, 3.63) is 40.7 Å². The number of benzene rings is 1. The van der Waals surface area contributed by atoms with Gasteiger partial charge in [-0.2, -0.15) is 0 Å². The highest BCUT2D eigenvalue weighted by atomic mass is 32.2. The van der Waals surface area contributed by atoms with Gasteiger partial charge in [0.1, 0.15) is 0 Å². The molecule has 7 heteroatoms. The number of hydrogen-bond acceptors (Lipinski definition) is 5. The summed E-state index contributed by atoms with van der Waals surface area (Å²) in [5.41, 5.74) is 4.07. The average Bonchev–Trinajstić information content (AvgIpc) is 3.43. The van der Waals surface area contributed by atoms with Crippen LogP contribution >= 0.6 is 11.8 Å². The van der Waals surface area contributed by atoms with Crippen LogP contribution < -0.4 is 11.2 Å². The van der Waals surface area contributed by atoms with Crippen molar-refractivity contribution in [1.29, 1.82) is 0 Å². The number of aromatic nitrogens is 3. The van der Waals surface area contributed by atoms with Crippen molar-refractivity contribution < 1.29 is 4.79 Å². The van der Waals surface area contributed by atoms with Gasteiger partial charge in [0.2, 0.25) is 11.1 Å². The minimum atomic E-state index is -0.0174. The predicted molar refractivity (Wildman–Crippen MR) is 103 cm³/mol. The second kappa shape index (κ2) is 7.31. The second-order valence-electron chi connectivity index (χ2n) is 7.30. The number of rotatable bonds is 6. The summed E-state index contributed by atoms with van der Waals surface area (Å²) in [4.78, 5) is 12.3. The van der Waals surface area contributed by atoms with Gasteiger partial charge in [-0.1, -0.05) is 30.0 Å². The Morgan fingerprint density at radius 3 is 2.85 bits per heavy atom. The fourth-order valence-electron chi connectivity index (χ4n) is 3.53. The number of nitrogens with two attached hydrogens (primary N) is 1. The van der Waals surface area contributed by atoms with Crippen LogP contribution in [-0.4, -0.2) is 26.5 Å². The highest BCUT2D eigenvalue weighted by molar-refractivity contribution is 7.99. The van der Waals surface area contributed by atoms with E-state index in [1.165, 1.54) is 52.4 Å². The van der Waals surface area contributed by atoms with Crippen molar-refractivity contribution in [2.75, 3.05) is 11.6 Å². The molecule has 0 bridgehead atoms. The van der Waals surface area contributed by atoms with Crippen molar-refractivity contribution in [3.8, 4) is 0 Å². The number of thioether (sulfide) groups is 1. The van der Waals surface area contributed by atoms with Gasteiger partial charge in [0.15, 0.2) is 5.82 Å². The molecule has 4 rings (SSSR count). The lowest BCUT2D eigenvalue weighted by molar-refractivity contribution is -0.119. The first kappa shape index (κ1) is 17.4. The molecule has 0 spiro atoms. The van der Waals surface area contributed by atoms with Gasteiger partial charge in [-0.3, -0.25) is 4.79 Å². The van der Waals surface area contributed by atoms with Crippen molar-refractivity contribution in [1.82, 2.24) is 20.2 Å². The maximum Gasteiger partial charge on any atom is 0.230 e. The fraction of sp³-hybridized carbons (Fsp3) is 0.526. The van der Waals surface area contributed by atoms with E-state index >= 15 is 0 Å². The average molecular weight is 372 g/mol. The Kier molecular flexibility index (Phi) is 4.89. The van der Waals surface area contributed by atoms with Gasteiger partial charge in [0.05, 0.1) is 11.8 Å². The van der Waals surface area contributed by atoms with Crippen LogP contribution in [0.1, 0.15) is 67.1 Å². The number of hydrogen-bond donors (Lipinski definition) is 2. The summed E-state index contributed by atoms with van der Waals surface area (Å²) in [5, 5.41) is 11.9. The van der Waals surface area contributed by atoms with Crippen molar-refractivity contribution >= 4 is 17.7 Å². The van der Waals surface area contributed by atoms with E-state index in [-0.39, 0.29) is 17.7 Å². The molecule has 1 saturated carbocycles. The van der Waals surface area contributed by atoms with Crippen LogP contribution in [0.25, 0.3) is 0 Å².